The smallest absolute Gasteiger partial charge is 0.0261 e. The van der Waals surface area contributed by atoms with Gasteiger partial charge in [0.25, 0.3) is 0 Å². The minimum Gasteiger partial charge on any atom is -0.300 e. The highest BCUT2D eigenvalue weighted by atomic mass is 35.5. The maximum absolute atomic E-state index is 5.92. The number of alkyl halides is 1. The molecule has 2 heteroatoms. The highest BCUT2D eigenvalue weighted by Crippen LogP contribution is 2.35. The van der Waals surface area contributed by atoms with Crippen LogP contribution in [0.1, 0.15) is 45.4 Å². The second kappa shape index (κ2) is 5.54. The van der Waals surface area contributed by atoms with E-state index >= 15 is 0 Å². The Bertz CT molecular complexity index is 193. The zero-order chi connectivity index (χ0) is 10.7. The molecule has 1 aliphatic heterocycles. The number of rotatable bonds is 3. The Balaban J connectivity index is 1.91. The maximum Gasteiger partial charge on any atom is 0.0261 e. The summed E-state index contributed by atoms with van der Waals surface area (Å²) < 4.78 is 0. The Morgan fingerprint density at radius 3 is 2.73 bits per heavy atom. The lowest BCUT2D eigenvalue weighted by Crippen LogP contribution is -2.48. The summed E-state index contributed by atoms with van der Waals surface area (Å²) in [5.74, 6) is 2.48. The van der Waals surface area contributed by atoms with Crippen LogP contribution >= 0.6 is 11.6 Å². The third kappa shape index (κ3) is 2.88. The van der Waals surface area contributed by atoms with E-state index in [0.717, 1.165) is 17.8 Å². The molecule has 0 N–H and O–H groups in total. The Hall–Kier alpha value is 0.250. The number of nitrogens with zero attached hydrogens (tertiary/aromatic N) is 1. The molecule has 3 atom stereocenters. The molecular weight excluding hydrogens is 206 g/mol. The predicted molar refractivity (Wildman–Crippen MR) is 66.4 cm³/mol. The molecule has 1 saturated carbocycles. The van der Waals surface area contributed by atoms with Crippen molar-refractivity contribution >= 4 is 11.6 Å². The molecule has 0 amide bonds. The first kappa shape index (κ1) is 11.7. The summed E-state index contributed by atoms with van der Waals surface area (Å²) in [6, 6.07) is 0.901. The van der Waals surface area contributed by atoms with Crippen LogP contribution in [0, 0.1) is 11.8 Å². The molecule has 15 heavy (non-hydrogen) atoms. The third-order valence-corrected chi connectivity index (χ3v) is 4.69. The first-order valence-electron chi connectivity index (χ1n) is 6.61. The first-order chi connectivity index (χ1) is 7.31. The van der Waals surface area contributed by atoms with E-state index in [-0.39, 0.29) is 0 Å². The van der Waals surface area contributed by atoms with Crippen LogP contribution in [0.25, 0.3) is 0 Å². The van der Waals surface area contributed by atoms with Gasteiger partial charge in [-0.2, -0.15) is 0 Å². The Morgan fingerprint density at radius 1 is 1.20 bits per heavy atom. The second-order valence-electron chi connectivity index (χ2n) is 5.51. The molecule has 0 radical (unpaired) electrons. The topological polar surface area (TPSA) is 3.24 Å². The highest BCUT2D eigenvalue weighted by Gasteiger charge is 2.33. The van der Waals surface area contributed by atoms with Crippen molar-refractivity contribution in [3.8, 4) is 0 Å². The van der Waals surface area contributed by atoms with Gasteiger partial charge in [0, 0.05) is 18.5 Å². The van der Waals surface area contributed by atoms with Gasteiger partial charge < -0.3 is 0 Å². The van der Waals surface area contributed by atoms with Crippen LogP contribution in [0.5, 0.6) is 0 Å². The molecular formula is C13H24ClN. The van der Waals surface area contributed by atoms with Crippen LogP contribution in [0.4, 0.5) is 0 Å². The zero-order valence-electron chi connectivity index (χ0n) is 9.92. The number of halogens is 1. The van der Waals surface area contributed by atoms with Crippen molar-refractivity contribution in [3.63, 3.8) is 0 Å². The highest BCUT2D eigenvalue weighted by molar-refractivity contribution is 6.18. The van der Waals surface area contributed by atoms with Crippen molar-refractivity contribution in [2.75, 3.05) is 19.0 Å². The van der Waals surface area contributed by atoms with Gasteiger partial charge in [0.2, 0.25) is 0 Å². The minimum atomic E-state index is 0.660. The van der Waals surface area contributed by atoms with Gasteiger partial charge in [0.15, 0.2) is 0 Å². The largest absolute Gasteiger partial charge is 0.300 e. The van der Waals surface area contributed by atoms with Gasteiger partial charge in [0.1, 0.15) is 0 Å². The van der Waals surface area contributed by atoms with E-state index in [2.05, 4.69) is 11.8 Å². The Labute approximate surface area is 99.2 Å². The molecule has 88 valence electrons. The van der Waals surface area contributed by atoms with Gasteiger partial charge >= 0.3 is 0 Å². The van der Waals surface area contributed by atoms with Crippen molar-refractivity contribution in [1.29, 1.82) is 0 Å². The average Bonchev–Trinajstić information content (AvgIpc) is 2.29. The van der Waals surface area contributed by atoms with Crippen molar-refractivity contribution in [3.05, 3.63) is 0 Å². The van der Waals surface area contributed by atoms with E-state index in [1.165, 1.54) is 51.6 Å². The summed E-state index contributed by atoms with van der Waals surface area (Å²) in [5, 5.41) is 0. The van der Waals surface area contributed by atoms with Crippen LogP contribution in [0.2, 0.25) is 0 Å². The van der Waals surface area contributed by atoms with E-state index in [0.29, 0.717) is 5.92 Å². The summed E-state index contributed by atoms with van der Waals surface area (Å²) in [6.07, 6.45) is 8.75. The number of hydrogen-bond donors (Lipinski definition) is 0. The van der Waals surface area contributed by atoms with Gasteiger partial charge in [-0.25, -0.2) is 0 Å². The van der Waals surface area contributed by atoms with Crippen LogP contribution < -0.4 is 0 Å². The third-order valence-electron chi connectivity index (χ3n) is 4.17. The number of piperidine rings is 1. The summed E-state index contributed by atoms with van der Waals surface area (Å²) in [7, 11) is 0. The van der Waals surface area contributed by atoms with Gasteiger partial charge in [-0.15, -0.1) is 11.6 Å². The molecule has 1 nitrogen and oxygen atoms in total. The fourth-order valence-corrected chi connectivity index (χ4v) is 3.50. The van der Waals surface area contributed by atoms with E-state index in [1.54, 1.807) is 0 Å². The van der Waals surface area contributed by atoms with E-state index in [4.69, 9.17) is 11.6 Å². The molecule has 1 aliphatic carbocycles. The molecule has 0 aromatic rings. The van der Waals surface area contributed by atoms with Gasteiger partial charge in [-0.05, 0) is 44.1 Å². The molecule has 2 aliphatic rings. The first-order valence-corrected chi connectivity index (χ1v) is 7.14. The molecule has 0 bridgehead atoms. The number of likely N-dealkylation sites (tertiary alicyclic amines) is 1. The molecule has 1 unspecified atom stereocenters. The van der Waals surface area contributed by atoms with E-state index < -0.39 is 0 Å². The quantitative estimate of drug-likeness (QED) is 0.670. The molecule has 1 heterocycles. The second-order valence-corrected chi connectivity index (χ2v) is 5.82. The lowest BCUT2D eigenvalue weighted by molar-refractivity contribution is 0.0522. The summed E-state index contributed by atoms with van der Waals surface area (Å²) in [5.41, 5.74) is 0. The summed E-state index contributed by atoms with van der Waals surface area (Å²) >= 11 is 5.92. The molecule has 1 saturated heterocycles. The summed E-state index contributed by atoms with van der Waals surface area (Å²) in [4.78, 5) is 2.74. The number of fused-ring (bicyclic) bond motifs is 1. The van der Waals surface area contributed by atoms with Crippen LogP contribution in [-0.4, -0.2) is 29.9 Å². The molecule has 0 aromatic carbocycles. The fourth-order valence-electron chi connectivity index (χ4n) is 3.40. The molecule has 0 aromatic heterocycles. The maximum atomic E-state index is 5.92. The monoisotopic (exact) mass is 229 g/mol. The van der Waals surface area contributed by atoms with Crippen LogP contribution in [-0.2, 0) is 0 Å². The van der Waals surface area contributed by atoms with Gasteiger partial charge in [-0.1, -0.05) is 19.8 Å². The number of hydrogen-bond acceptors (Lipinski definition) is 1. The average molecular weight is 230 g/mol. The van der Waals surface area contributed by atoms with Crippen LogP contribution in [0.3, 0.4) is 0 Å². The normalized spacial score (nSPS) is 34.8. The fraction of sp³-hybridized carbons (Fsp3) is 1.00. The van der Waals surface area contributed by atoms with E-state index in [9.17, 15) is 0 Å². The lowest BCUT2D eigenvalue weighted by atomic mass is 9.78. The van der Waals surface area contributed by atoms with Crippen LogP contribution in [0.15, 0.2) is 0 Å². The Kier molecular flexibility index (Phi) is 4.33. The van der Waals surface area contributed by atoms with Crippen molar-refractivity contribution in [1.82, 2.24) is 4.90 Å². The van der Waals surface area contributed by atoms with Crippen molar-refractivity contribution < 1.29 is 0 Å². The van der Waals surface area contributed by atoms with Crippen molar-refractivity contribution in [2.24, 2.45) is 11.8 Å². The molecule has 2 fully saturated rings. The zero-order valence-corrected chi connectivity index (χ0v) is 10.7. The van der Waals surface area contributed by atoms with Gasteiger partial charge in [-0.3, -0.25) is 4.90 Å². The summed E-state index contributed by atoms with van der Waals surface area (Å²) in [6.45, 7) is 4.83. The standard InChI is InChI=1S/C13H24ClN/c1-11(9-14)10-15-8-4-6-12-5-2-3-7-13(12)15/h11-13H,2-10H2,1H3/t11?,12-,13-/m1/s1. The predicted octanol–water partition coefficient (Wildman–Crippen LogP) is 3.52. The minimum absolute atomic E-state index is 0.660. The molecule has 0 spiro atoms. The van der Waals surface area contributed by atoms with Crippen molar-refractivity contribution in [2.45, 2.75) is 51.5 Å². The SMILES string of the molecule is CC(CCl)CN1CCC[C@H]2CCCC[C@H]21. The lowest BCUT2D eigenvalue weighted by Gasteiger charge is -2.45. The molecule has 2 rings (SSSR count). The Morgan fingerprint density at radius 2 is 1.93 bits per heavy atom. The van der Waals surface area contributed by atoms with Gasteiger partial charge in [0.05, 0.1) is 0 Å². The van der Waals surface area contributed by atoms with E-state index in [1.807, 2.05) is 0 Å².